The van der Waals surface area contributed by atoms with E-state index in [1.54, 1.807) is 19.2 Å². The number of nitrogens with zero attached hydrogens (tertiary/aromatic N) is 1. The number of aliphatic hydroxyl groups is 1. The zero-order valence-electron chi connectivity index (χ0n) is 10.4. The molecule has 102 valence electrons. The van der Waals surface area contributed by atoms with Crippen LogP contribution in [0.1, 0.15) is 17.0 Å². The van der Waals surface area contributed by atoms with E-state index in [0.717, 1.165) is 10.0 Å². The van der Waals surface area contributed by atoms with Gasteiger partial charge in [-0.05, 0) is 23.8 Å². The second-order valence-electron chi connectivity index (χ2n) is 3.92. The van der Waals surface area contributed by atoms with Crippen molar-refractivity contribution in [3.63, 3.8) is 0 Å². The molecular formula is C13H14BrNO4. The van der Waals surface area contributed by atoms with Crippen LogP contribution in [0.3, 0.4) is 0 Å². The molecule has 0 spiro atoms. The molecule has 0 aliphatic rings. The molecule has 5 nitrogen and oxygen atoms in total. The summed E-state index contributed by atoms with van der Waals surface area (Å²) in [6, 6.07) is 7.22. The molecule has 2 aromatic rings. The van der Waals surface area contributed by atoms with Crippen LogP contribution in [0, 0.1) is 0 Å². The van der Waals surface area contributed by atoms with Gasteiger partial charge in [0.1, 0.15) is 24.7 Å². The predicted octanol–water partition coefficient (Wildman–Crippen LogP) is 2.65. The number of benzene rings is 1. The SMILES string of the molecule is COCc1cc(COc2ccc(Br)c(CO)c2)no1. The molecule has 0 amide bonds. The summed E-state index contributed by atoms with van der Waals surface area (Å²) in [5.74, 6) is 1.33. The second kappa shape index (κ2) is 6.70. The third-order valence-corrected chi connectivity index (χ3v) is 3.24. The van der Waals surface area contributed by atoms with Crippen molar-refractivity contribution in [1.29, 1.82) is 0 Å². The first-order valence-corrected chi connectivity index (χ1v) is 6.47. The summed E-state index contributed by atoms with van der Waals surface area (Å²) in [5.41, 5.74) is 1.47. The molecule has 0 bridgehead atoms. The zero-order chi connectivity index (χ0) is 13.7. The summed E-state index contributed by atoms with van der Waals surface area (Å²) in [6.45, 7) is 0.652. The van der Waals surface area contributed by atoms with Gasteiger partial charge in [-0.1, -0.05) is 21.1 Å². The van der Waals surface area contributed by atoms with Gasteiger partial charge in [0, 0.05) is 17.6 Å². The summed E-state index contributed by atoms with van der Waals surface area (Å²) in [5, 5.41) is 13.0. The van der Waals surface area contributed by atoms with Gasteiger partial charge in [-0.25, -0.2) is 0 Å². The normalized spacial score (nSPS) is 10.7. The first-order chi connectivity index (χ1) is 9.22. The number of hydrogen-bond acceptors (Lipinski definition) is 5. The van der Waals surface area contributed by atoms with Crippen LogP contribution in [0.15, 0.2) is 33.3 Å². The summed E-state index contributed by atoms with van der Waals surface area (Å²) in [4.78, 5) is 0. The molecule has 0 saturated heterocycles. The quantitative estimate of drug-likeness (QED) is 0.883. The van der Waals surface area contributed by atoms with E-state index in [2.05, 4.69) is 21.1 Å². The predicted molar refractivity (Wildman–Crippen MR) is 71.6 cm³/mol. The fraction of sp³-hybridized carbons (Fsp3) is 0.308. The number of methoxy groups -OCH3 is 1. The van der Waals surface area contributed by atoms with Crippen LogP contribution in [-0.4, -0.2) is 17.4 Å². The molecule has 1 heterocycles. The number of hydrogen-bond donors (Lipinski definition) is 1. The monoisotopic (exact) mass is 327 g/mol. The Morgan fingerprint density at radius 1 is 1.32 bits per heavy atom. The van der Waals surface area contributed by atoms with E-state index in [9.17, 15) is 0 Å². The molecule has 0 aliphatic heterocycles. The highest BCUT2D eigenvalue weighted by atomic mass is 79.9. The second-order valence-corrected chi connectivity index (χ2v) is 4.77. The van der Waals surface area contributed by atoms with Gasteiger partial charge in [0.2, 0.25) is 0 Å². The minimum absolute atomic E-state index is 0.0419. The minimum Gasteiger partial charge on any atom is -0.487 e. The molecule has 1 N–H and O–H groups in total. The lowest BCUT2D eigenvalue weighted by atomic mass is 10.2. The maximum atomic E-state index is 9.16. The summed E-state index contributed by atoms with van der Waals surface area (Å²) in [7, 11) is 1.59. The number of aliphatic hydroxyl groups excluding tert-OH is 1. The van der Waals surface area contributed by atoms with E-state index in [1.165, 1.54) is 0 Å². The maximum absolute atomic E-state index is 9.16. The van der Waals surface area contributed by atoms with Crippen molar-refractivity contribution in [3.8, 4) is 5.75 Å². The Bertz CT molecular complexity index is 541. The third-order valence-electron chi connectivity index (χ3n) is 2.47. The van der Waals surface area contributed by atoms with E-state index in [0.29, 0.717) is 30.4 Å². The number of rotatable bonds is 6. The Balaban J connectivity index is 1.97. The van der Waals surface area contributed by atoms with Crippen molar-refractivity contribution in [2.24, 2.45) is 0 Å². The Labute approximate surface area is 119 Å². The van der Waals surface area contributed by atoms with Crippen molar-refractivity contribution in [1.82, 2.24) is 5.16 Å². The van der Waals surface area contributed by atoms with E-state index in [1.807, 2.05) is 12.1 Å². The van der Waals surface area contributed by atoms with Crippen molar-refractivity contribution in [2.75, 3.05) is 7.11 Å². The van der Waals surface area contributed by atoms with E-state index < -0.39 is 0 Å². The summed E-state index contributed by atoms with van der Waals surface area (Å²) in [6.07, 6.45) is 0. The lowest BCUT2D eigenvalue weighted by Crippen LogP contribution is -1.96. The number of ether oxygens (including phenoxy) is 2. The van der Waals surface area contributed by atoms with Crippen LogP contribution in [-0.2, 0) is 24.6 Å². The van der Waals surface area contributed by atoms with E-state index in [-0.39, 0.29) is 6.61 Å². The highest BCUT2D eigenvalue weighted by Crippen LogP contribution is 2.23. The Kier molecular flexibility index (Phi) is 4.95. The average molecular weight is 328 g/mol. The zero-order valence-corrected chi connectivity index (χ0v) is 12.0. The first kappa shape index (κ1) is 14.0. The molecule has 1 aromatic heterocycles. The molecule has 6 heteroatoms. The average Bonchev–Trinajstić information content (AvgIpc) is 2.86. The van der Waals surface area contributed by atoms with Crippen molar-refractivity contribution >= 4 is 15.9 Å². The number of aromatic nitrogens is 1. The highest BCUT2D eigenvalue weighted by molar-refractivity contribution is 9.10. The van der Waals surface area contributed by atoms with Gasteiger partial charge in [0.15, 0.2) is 5.76 Å². The molecule has 0 atom stereocenters. The van der Waals surface area contributed by atoms with Crippen molar-refractivity contribution in [2.45, 2.75) is 19.8 Å². The maximum Gasteiger partial charge on any atom is 0.162 e. The van der Waals surface area contributed by atoms with Crippen molar-refractivity contribution < 1.29 is 19.1 Å². The molecule has 2 rings (SSSR count). The van der Waals surface area contributed by atoms with Gasteiger partial charge in [0.25, 0.3) is 0 Å². The lowest BCUT2D eigenvalue weighted by molar-refractivity contribution is 0.155. The standard InChI is InChI=1S/C13H14BrNO4/c1-17-8-12-5-10(15-19-12)7-18-11-2-3-13(14)9(4-11)6-16/h2-5,16H,6-8H2,1H3. The molecule has 0 unspecified atom stereocenters. The Morgan fingerprint density at radius 2 is 2.16 bits per heavy atom. The molecular weight excluding hydrogens is 314 g/mol. The van der Waals surface area contributed by atoms with E-state index >= 15 is 0 Å². The largest absolute Gasteiger partial charge is 0.487 e. The van der Waals surface area contributed by atoms with Gasteiger partial charge in [-0.3, -0.25) is 0 Å². The summed E-state index contributed by atoms with van der Waals surface area (Å²) < 4.78 is 16.4. The Hall–Kier alpha value is -1.37. The Morgan fingerprint density at radius 3 is 2.89 bits per heavy atom. The molecule has 0 aliphatic carbocycles. The van der Waals surface area contributed by atoms with Crippen LogP contribution in [0.25, 0.3) is 0 Å². The first-order valence-electron chi connectivity index (χ1n) is 5.68. The topological polar surface area (TPSA) is 64.7 Å². The summed E-state index contributed by atoms with van der Waals surface area (Å²) >= 11 is 3.35. The van der Waals surface area contributed by atoms with Gasteiger partial charge in [-0.2, -0.15) is 0 Å². The lowest BCUT2D eigenvalue weighted by Gasteiger charge is -2.06. The molecule has 19 heavy (non-hydrogen) atoms. The van der Waals surface area contributed by atoms with Gasteiger partial charge in [0.05, 0.1) is 6.61 Å². The van der Waals surface area contributed by atoms with Crippen LogP contribution >= 0.6 is 15.9 Å². The van der Waals surface area contributed by atoms with Crippen LogP contribution < -0.4 is 4.74 Å². The minimum atomic E-state index is -0.0419. The fourth-order valence-corrected chi connectivity index (χ4v) is 1.93. The molecule has 0 fully saturated rings. The number of halogens is 1. The van der Waals surface area contributed by atoms with E-state index in [4.69, 9.17) is 19.1 Å². The van der Waals surface area contributed by atoms with Crippen LogP contribution in [0.5, 0.6) is 5.75 Å². The van der Waals surface area contributed by atoms with Gasteiger partial charge >= 0.3 is 0 Å². The highest BCUT2D eigenvalue weighted by Gasteiger charge is 2.06. The smallest absolute Gasteiger partial charge is 0.162 e. The van der Waals surface area contributed by atoms with Crippen LogP contribution in [0.2, 0.25) is 0 Å². The third kappa shape index (κ3) is 3.79. The fourth-order valence-electron chi connectivity index (χ4n) is 1.55. The van der Waals surface area contributed by atoms with Gasteiger partial charge in [-0.15, -0.1) is 0 Å². The van der Waals surface area contributed by atoms with Crippen LogP contribution in [0.4, 0.5) is 0 Å². The van der Waals surface area contributed by atoms with Crippen molar-refractivity contribution in [3.05, 3.63) is 45.8 Å². The molecule has 1 aromatic carbocycles. The van der Waals surface area contributed by atoms with Gasteiger partial charge < -0.3 is 19.1 Å². The molecule has 0 radical (unpaired) electrons. The molecule has 0 saturated carbocycles.